The Morgan fingerprint density at radius 3 is 2.79 bits per heavy atom. The number of hydrogen-bond acceptors (Lipinski definition) is 4. The first-order valence-electron chi connectivity index (χ1n) is 5.79. The van der Waals surface area contributed by atoms with E-state index in [1.54, 1.807) is 0 Å². The predicted molar refractivity (Wildman–Crippen MR) is 70.1 cm³/mol. The van der Waals surface area contributed by atoms with Gasteiger partial charge in [0.15, 0.2) is 0 Å². The Labute approximate surface area is 117 Å². The summed E-state index contributed by atoms with van der Waals surface area (Å²) in [6.07, 6.45) is 0.642. The third-order valence-electron chi connectivity index (χ3n) is 3.19. The van der Waals surface area contributed by atoms with E-state index in [1.165, 1.54) is 22.5 Å². The molecule has 0 saturated carbocycles. The number of nitrogens with zero attached hydrogens (tertiary/aromatic N) is 2. The molecule has 1 aromatic carbocycles. The Hall–Kier alpha value is -1.13. The van der Waals surface area contributed by atoms with E-state index in [0.717, 1.165) is 0 Å². The van der Waals surface area contributed by atoms with Gasteiger partial charge in [-0.3, -0.25) is 0 Å². The van der Waals surface area contributed by atoms with Crippen LogP contribution in [0, 0.1) is 17.2 Å². The van der Waals surface area contributed by atoms with Crippen molar-refractivity contribution >= 4 is 21.6 Å². The number of aliphatic hydroxyl groups is 1. The van der Waals surface area contributed by atoms with Gasteiger partial charge in [-0.1, -0.05) is 11.6 Å². The standard InChI is InChI=1S/C12H13ClN2O3S/c13-11-5-9(6-14)1-2-12(11)19(17,18)15-4-3-10(7-15)8-16/h1-2,5,10,16H,3-4,7-8H2. The topological polar surface area (TPSA) is 81.4 Å². The minimum absolute atomic E-state index is 0.00626. The number of benzene rings is 1. The van der Waals surface area contributed by atoms with Gasteiger partial charge in [0.2, 0.25) is 10.0 Å². The molecule has 1 aliphatic heterocycles. The highest BCUT2D eigenvalue weighted by Crippen LogP contribution is 2.29. The van der Waals surface area contributed by atoms with E-state index in [0.29, 0.717) is 25.1 Å². The van der Waals surface area contributed by atoms with Crippen LogP contribution in [0.4, 0.5) is 0 Å². The van der Waals surface area contributed by atoms with Gasteiger partial charge in [-0.15, -0.1) is 0 Å². The van der Waals surface area contributed by atoms with Gasteiger partial charge in [0.1, 0.15) is 4.90 Å². The maximum absolute atomic E-state index is 12.4. The Morgan fingerprint density at radius 1 is 1.53 bits per heavy atom. The van der Waals surface area contributed by atoms with E-state index in [1.807, 2.05) is 6.07 Å². The molecule has 1 atom stereocenters. The van der Waals surface area contributed by atoms with Gasteiger partial charge in [0.05, 0.1) is 16.7 Å². The van der Waals surface area contributed by atoms with Gasteiger partial charge in [-0.2, -0.15) is 9.57 Å². The SMILES string of the molecule is N#Cc1ccc(S(=O)(=O)N2CCC(CO)C2)c(Cl)c1. The number of hydrogen-bond donors (Lipinski definition) is 1. The van der Waals surface area contributed by atoms with Crippen LogP contribution in [0.15, 0.2) is 23.1 Å². The molecule has 0 amide bonds. The van der Waals surface area contributed by atoms with Crippen LogP contribution in [-0.2, 0) is 10.0 Å². The highest BCUT2D eigenvalue weighted by Gasteiger charge is 2.33. The van der Waals surface area contributed by atoms with Crippen LogP contribution in [0.5, 0.6) is 0 Å². The molecule has 1 fully saturated rings. The second-order valence-corrected chi connectivity index (χ2v) is 6.77. The van der Waals surface area contributed by atoms with Crippen molar-refractivity contribution in [3.05, 3.63) is 28.8 Å². The first kappa shape index (κ1) is 14.3. The van der Waals surface area contributed by atoms with E-state index in [2.05, 4.69) is 0 Å². The summed E-state index contributed by atoms with van der Waals surface area (Å²) in [6, 6.07) is 6.03. The van der Waals surface area contributed by atoms with Crippen molar-refractivity contribution in [2.45, 2.75) is 11.3 Å². The minimum atomic E-state index is -3.66. The normalized spacial score (nSPS) is 20.4. The predicted octanol–water partition coefficient (Wildman–Crippen LogP) is 1.21. The number of nitriles is 1. The van der Waals surface area contributed by atoms with Crippen LogP contribution >= 0.6 is 11.6 Å². The molecule has 0 spiro atoms. The lowest BCUT2D eigenvalue weighted by molar-refractivity contribution is 0.233. The molecule has 0 bridgehead atoms. The number of rotatable bonds is 3. The van der Waals surface area contributed by atoms with Crippen molar-refractivity contribution in [3.63, 3.8) is 0 Å². The Kier molecular flexibility index (Phi) is 4.11. The van der Waals surface area contributed by atoms with Crippen molar-refractivity contribution in [1.82, 2.24) is 4.31 Å². The third-order valence-corrected chi connectivity index (χ3v) is 5.53. The van der Waals surface area contributed by atoms with E-state index < -0.39 is 10.0 Å². The van der Waals surface area contributed by atoms with Crippen molar-refractivity contribution in [2.24, 2.45) is 5.92 Å². The van der Waals surface area contributed by atoms with Gasteiger partial charge in [-0.25, -0.2) is 8.42 Å². The molecule has 5 nitrogen and oxygen atoms in total. The first-order chi connectivity index (χ1) is 8.98. The first-order valence-corrected chi connectivity index (χ1v) is 7.61. The summed E-state index contributed by atoms with van der Waals surface area (Å²) in [7, 11) is -3.66. The third kappa shape index (κ3) is 2.74. The fourth-order valence-electron chi connectivity index (χ4n) is 2.08. The van der Waals surface area contributed by atoms with Gasteiger partial charge in [-0.05, 0) is 30.5 Å². The zero-order valence-corrected chi connectivity index (χ0v) is 11.7. The zero-order chi connectivity index (χ0) is 14.0. The molecular weight excluding hydrogens is 288 g/mol. The second-order valence-electron chi connectivity index (χ2n) is 4.46. The van der Waals surface area contributed by atoms with Gasteiger partial charge >= 0.3 is 0 Å². The average Bonchev–Trinajstić information content (AvgIpc) is 2.87. The summed E-state index contributed by atoms with van der Waals surface area (Å²) < 4.78 is 26.1. The highest BCUT2D eigenvalue weighted by atomic mass is 35.5. The minimum Gasteiger partial charge on any atom is -0.396 e. The zero-order valence-electron chi connectivity index (χ0n) is 10.1. The molecule has 1 aromatic rings. The summed E-state index contributed by atoms with van der Waals surface area (Å²) in [6.45, 7) is 0.659. The molecule has 0 radical (unpaired) electrons. The number of aliphatic hydroxyl groups excluding tert-OH is 1. The molecule has 102 valence electrons. The molecule has 1 heterocycles. The van der Waals surface area contributed by atoms with Gasteiger partial charge in [0, 0.05) is 19.7 Å². The van der Waals surface area contributed by atoms with Crippen LogP contribution in [0.25, 0.3) is 0 Å². The molecular formula is C12H13ClN2O3S. The van der Waals surface area contributed by atoms with E-state index in [-0.39, 0.29) is 22.4 Å². The fourth-order valence-corrected chi connectivity index (χ4v) is 4.13. The van der Waals surface area contributed by atoms with Crippen LogP contribution in [-0.4, -0.2) is 37.5 Å². The molecule has 0 aliphatic carbocycles. The average molecular weight is 301 g/mol. The molecule has 1 aliphatic rings. The van der Waals surface area contributed by atoms with E-state index in [4.69, 9.17) is 22.0 Å². The second kappa shape index (κ2) is 5.47. The quantitative estimate of drug-likeness (QED) is 0.910. The number of halogens is 1. The van der Waals surface area contributed by atoms with Crippen molar-refractivity contribution in [2.75, 3.05) is 19.7 Å². The number of sulfonamides is 1. The van der Waals surface area contributed by atoms with Crippen molar-refractivity contribution in [3.8, 4) is 6.07 Å². The smallest absolute Gasteiger partial charge is 0.244 e. The maximum Gasteiger partial charge on any atom is 0.244 e. The fraction of sp³-hybridized carbons (Fsp3) is 0.417. The van der Waals surface area contributed by atoms with Crippen molar-refractivity contribution in [1.29, 1.82) is 5.26 Å². The molecule has 19 heavy (non-hydrogen) atoms. The molecule has 1 N–H and O–H groups in total. The summed E-state index contributed by atoms with van der Waals surface area (Å²) in [5.74, 6) is -0.0214. The molecule has 7 heteroatoms. The summed E-state index contributed by atoms with van der Waals surface area (Å²) in [5, 5.41) is 17.8. The Morgan fingerprint density at radius 2 is 2.26 bits per heavy atom. The van der Waals surface area contributed by atoms with E-state index in [9.17, 15) is 8.42 Å². The van der Waals surface area contributed by atoms with Crippen LogP contribution < -0.4 is 0 Å². The van der Waals surface area contributed by atoms with Gasteiger partial charge < -0.3 is 5.11 Å². The summed E-state index contributed by atoms with van der Waals surface area (Å²) in [4.78, 5) is 0.00626. The lowest BCUT2D eigenvalue weighted by atomic mass is 10.1. The van der Waals surface area contributed by atoms with Crippen LogP contribution in [0.1, 0.15) is 12.0 Å². The largest absolute Gasteiger partial charge is 0.396 e. The monoisotopic (exact) mass is 300 g/mol. The Bertz CT molecular complexity index is 624. The van der Waals surface area contributed by atoms with Crippen molar-refractivity contribution < 1.29 is 13.5 Å². The van der Waals surface area contributed by atoms with Crippen LogP contribution in [0.2, 0.25) is 5.02 Å². The van der Waals surface area contributed by atoms with E-state index >= 15 is 0 Å². The summed E-state index contributed by atoms with van der Waals surface area (Å²) in [5.41, 5.74) is 0.318. The maximum atomic E-state index is 12.4. The summed E-state index contributed by atoms with van der Waals surface area (Å²) >= 11 is 5.94. The van der Waals surface area contributed by atoms with Gasteiger partial charge in [0.25, 0.3) is 0 Å². The molecule has 2 rings (SSSR count). The molecule has 0 aromatic heterocycles. The highest BCUT2D eigenvalue weighted by molar-refractivity contribution is 7.89. The lowest BCUT2D eigenvalue weighted by Crippen LogP contribution is -2.29. The lowest BCUT2D eigenvalue weighted by Gasteiger charge is -2.17. The van der Waals surface area contributed by atoms with Crippen LogP contribution in [0.3, 0.4) is 0 Å². The Balaban J connectivity index is 2.33. The molecule has 1 saturated heterocycles. The molecule has 1 unspecified atom stereocenters.